The Morgan fingerprint density at radius 2 is 1.83 bits per heavy atom. The summed E-state index contributed by atoms with van der Waals surface area (Å²) >= 11 is 0. The summed E-state index contributed by atoms with van der Waals surface area (Å²) in [6.07, 6.45) is 4.68. The lowest BCUT2D eigenvalue weighted by Crippen LogP contribution is -2.45. The van der Waals surface area contributed by atoms with Gasteiger partial charge in [0.1, 0.15) is 11.6 Å². The second kappa shape index (κ2) is 11.6. The maximum Gasteiger partial charge on any atom is 0.290 e. The Balaban J connectivity index is 0.00000101. The van der Waals surface area contributed by atoms with Gasteiger partial charge in [-0.1, -0.05) is 6.07 Å². The van der Waals surface area contributed by atoms with E-state index in [4.69, 9.17) is 9.90 Å². The van der Waals surface area contributed by atoms with E-state index < -0.39 is 11.6 Å². The molecule has 30 heavy (non-hydrogen) atoms. The minimum Gasteiger partial charge on any atom is -0.483 e. The van der Waals surface area contributed by atoms with Gasteiger partial charge in [-0.25, -0.2) is 8.78 Å². The predicted octanol–water partition coefficient (Wildman–Crippen LogP) is 2.05. The Morgan fingerprint density at radius 3 is 2.43 bits per heavy atom. The van der Waals surface area contributed by atoms with Gasteiger partial charge in [0.15, 0.2) is 0 Å². The fourth-order valence-corrected chi connectivity index (χ4v) is 3.76. The summed E-state index contributed by atoms with van der Waals surface area (Å²) in [7, 11) is 0. The molecule has 1 aromatic rings. The minimum atomic E-state index is -0.651. The summed E-state index contributed by atoms with van der Waals surface area (Å²) < 4.78 is 26.6. The molecule has 0 unspecified atom stereocenters. The first-order chi connectivity index (χ1) is 14.3. The molecule has 1 saturated carbocycles. The van der Waals surface area contributed by atoms with Crippen LogP contribution in [-0.4, -0.2) is 53.5 Å². The van der Waals surface area contributed by atoms with Crippen LogP contribution in [0.5, 0.6) is 0 Å². The van der Waals surface area contributed by atoms with E-state index in [1.54, 1.807) is 0 Å². The number of likely N-dealkylation sites (tertiary alicyclic amines) is 1. The van der Waals surface area contributed by atoms with E-state index in [9.17, 15) is 18.4 Å². The van der Waals surface area contributed by atoms with E-state index in [1.807, 2.05) is 0 Å². The molecule has 1 saturated heterocycles. The molecule has 0 bridgehead atoms. The summed E-state index contributed by atoms with van der Waals surface area (Å²) in [4.78, 5) is 34.3. The fraction of sp³-hybridized carbons (Fsp3) is 0.571. The number of carbonyl (C=O) groups excluding carboxylic acids is 2. The topological polar surface area (TPSA) is 98.7 Å². The number of rotatable bonds is 8. The van der Waals surface area contributed by atoms with E-state index in [0.29, 0.717) is 18.9 Å². The van der Waals surface area contributed by atoms with Crippen molar-refractivity contribution in [2.24, 2.45) is 5.92 Å². The molecule has 1 aliphatic carbocycles. The third-order valence-electron chi connectivity index (χ3n) is 5.44. The number of nitrogens with zero attached hydrogens (tertiary/aromatic N) is 1. The molecule has 9 heteroatoms. The van der Waals surface area contributed by atoms with Crippen LogP contribution < -0.4 is 10.6 Å². The van der Waals surface area contributed by atoms with Crippen LogP contribution in [0.2, 0.25) is 0 Å². The van der Waals surface area contributed by atoms with Crippen molar-refractivity contribution >= 4 is 18.3 Å². The van der Waals surface area contributed by atoms with Gasteiger partial charge < -0.3 is 15.7 Å². The van der Waals surface area contributed by atoms with E-state index >= 15 is 0 Å². The van der Waals surface area contributed by atoms with Crippen LogP contribution >= 0.6 is 0 Å². The van der Waals surface area contributed by atoms with Crippen molar-refractivity contribution < 1.29 is 28.3 Å². The molecule has 3 rings (SSSR count). The van der Waals surface area contributed by atoms with Crippen molar-refractivity contribution in [3.05, 3.63) is 35.4 Å². The van der Waals surface area contributed by atoms with Crippen molar-refractivity contribution in [3.63, 3.8) is 0 Å². The molecule has 2 aliphatic rings. The zero-order valence-corrected chi connectivity index (χ0v) is 17.1. The first-order valence-electron chi connectivity index (χ1n) is 10.1. The molecule has 0 aromatic heterocycles. The number of halogens is 2. The number of hydrogen-bond donors (Lipinski definition) is 3. The molecule has 1 aromatic carbocycles. The zero-order chi connectivity index (χ0) is 22.1. The maximum absolute atomic E-state index is 13.7. The highest BCUT2D eigenvalue weighted by Gasteiger charge is 2.37. The second-order valence-electron chi connectivity index (χ2n) is 7.78. The second-order valence-corrected chi connectivity index (χ2v) is 7.78. The quantitative estimate of drug-likeness (QED) is 0.554. The number of carboxylic acid groups (broad SMARTS) is 1. The molecular weight excluding hydrogens is 396 g/mol. The highest BCUT2D eigenvalue weighted by molar-refractivity contribution is 5.76. The molecular formula is C21H29F2N3O4. The molecule has 0 radical (unpaired) electrons. The lowest BCUT2D eigenvalue weighted by atomic mass is 10.1. The van der Waals surface area contributed by atoms with E-state index in [2.05, 4.69) is 15.5 Å². The number of amides is 2. The lowest BCUT2D eigenvalue weighted by molar-refractivity contribution is -0.123. The lowest BCUT2D eigenvalue weighted by Gasteiger charge is -2.30. The van der Waals surface area contributed by atoms with E-state index in [0.717, 1.165) is 25.5 Å². The maximum atomic E-state index is 13.7. The van der Waals surface area contributed by atoms with Gasteiger partial charge in [0, 0.05) is 56.7 Å². The van der Waals surface area contributed by atoms with Crippen LogP contribution in [0, 0.1) is 17.6 Å². The number of benzene rings is 1. The van der Waals surface area contributed by atoms with Gasteiger partial charge in [-0.3, -0.25) is 19.3 Å². The summed E-state index contributed by atoms with van der Waals surface area (Å²) in [5.74, 6) is -0.758. The highest BCUT2D eigenvalue weighted by atomic mass is 19.1. The highest BCUT2D eigenvalue weighted by Crippen LogP contribution is 2.35. The van der Waals surface area contributed by atoms with Crippen molar-refractivity contribution in [2.75, 3.05) is 13.1 Å². The molecule has 1 heterocycles. The molecule has 2 atom stereocenters. The van der Waals surface area contributed by atoms with Gasteiger partial charge in [0.25, 0.3) is 6.47 Å². The van der Waals surface area contributed by atoms with E-state index in [1.165, 1.54) is 31.9 Å². The molecule has 166 valence electrons. The van der Waals surface area contributed by atoms with Crippen LogP contribution in [0.4, 0.5) is 8.78 Å². The normalized spacial score (nSPS) is 20.8. The van der Waals surface area contributed by atoms with Crippen molar-refractivity contribution in [1.29, 1.82) is 0 Å². The molecule has 1 aliphatic heterocycles. The Morgan fingerprint density at radius 1 is 1.17 bits per heavy atom. The van der Waals surface area contributed by atoms with E-state index in [-0.39, 0.29) is 42.5 Å². The van der Waals surface area contributed by atoms with Gasteiger partial charge in [-0.2, -0.15) is 0 Å². The van der Waals surface area contributed by atoms with Gasteiger partial charge in [-0.15, -0.1) is 0 Å². The summed E-state index contributed by atoms with van der Waals surface area (Å²) in [5, 5.41) is 12.5. The Kier molecular flexibility index (Phi) is 9.16. The van der Waals surface area contributed by atoms with Crippen molar-refractivity contribution in [1.82, 2.24) is 15.5 Å². The minimum absolute atomic E-state index is 0.0381. The van der Waals surface area contributed by atoms with Crippen LogP contribution in [-0.2, 0) is 20.9 Å². The molecule has 3 N–H and O–H groups in total. The van der Waals surface area contributed by atoms with Gasteiger partial charge >= 0.3 is 0 Å². The molecule has 2 fully saturated rings. The number of carbonyl (C=O) groups is 3. The van der Waals surface area contributed by atoms with Gasteiger partial charge in [0.2, 0.25) is 11.8 Å². The first kappa shape index (κ1) is 23.7. The van der Waals surface area contributed by atoms with Crippen molar-refractivity contribution in [2.45, 2.75) is 57.7 Å². The summed E-state index contributed by atoms with van der Waals surface area (Å²) in [6.45, 7) is 2.89. The van der Waals surface area contributed by atoms with Crippen molar-refractivity contribution in [3.8, 4) is 0 Å². The predicted molar refractivity (Wildman–Crippen MR) is 106 cm³/mol. The molecule has 7 nitrogen and oxygen atoms in total. The van der Waals surface area contributed by atoms with Crippen LogP contribution in [0.1, 0.15) is 44.6 Å². The van der Waals surface area contributed by atoms with Gasteiger partial charge in [-0.05, 0) is 37.7 Å². The smallest absolute Gasteiger partial charge is 0.290 e. The Bertz CT molecular complexity index is 743. The van der Waals surface area contributed by atoms with Gasteiger partial charge in [0.05, 0.1) is 0 Å². The third kappa shape index (κ3) is 7.70. The summed E-state index contributed by atoms with van der Waals surface area (Å²) in [6, 6.07) is 3.77. The third-order valence-corrected chi connectivity index (χ3v) is 5.44. The number of hydrogen-bond acceptors (Lipinski definition) is 4. The van der Waals surface area contributed by atoms with Crippen LogP contribution in [0.25, 0.3) is 0 Å². The zero-order valence-electron chi connectivity index (χ0n) is 17.1. The SMILES string of the molecule is CC(=O)NC[C@@H]1CC[C@H](CC(=O)NCc2ccc(F)cc2F)N1CC1CC1.O=CO. The number of nitrogens with one attached hydrogen (secondary N) is 2. The molecule has 0 spiro atoms. The summed E-state index contributed by atoms with van der Waals surface area (Å²) in [5.41, 5.74) is 0.273. The first-order valence-corrected chi connectivity index (χ1v) is 10.1. The molecule has 2 amide bonds. The largest absolute Gasteiger partial charge is 0.483 e. The van der Waals surface area contributed by atoms with Crippen LogP contribution in [0.15, 0.2) is 18.2 Å². The average molecular weight is 425 g/mol. The Hall–Kier alpha value is -2.55. The standard InChI is InChI=1S/C20H27F2N3O2.CH2O2/c1-13(26)23-11-18-7-6-17(25(18)12-14-2-3-14)9-20(27)24-10-15-4-5-16(21)8-19(15)22;2-1-3/h4-5,8,14,17-18H,2-3,6-7,9-12H2,1H3,(H,23,26)(H,24,27);1H,(H,2,3)/t17-,18+;/m1./s1. The van der Waals surface area contributed by atoms with Crippen LogP contribution in [0.3, 0.4) is 0 Å². The average Bonchev–Trinajstić information content (AvgIpc) is 3.42. The Labute approximate surface area is 174 Å². The monoisotopic (exact) mass is 425 g/mol. The fourth-order valence-electron chi connectivity index (χ4n) is 3.76.